The van der Waals surface area contributed by atoms with Gasteiger partial charge in [-0.1, -0.05) is 6.92 Å². The van der Waals surface area contributed by atoms with Crippen LogP contribution in [-0.2, 0) is 53.4 Å². The van der Waals surface area contributed by atoms with Gasteiger partial charge in [-0.2, -0.15) is 10.2 Å². The minimum atomic E-state index is 0.150. The third-order valence-corrected chi connectivity index (χ3v) is 14.3. The summed E-state index contributed by atoms with van der Waals surface area (Å²) in [7, 11) is 8.53. The molecule has 5 heterocycles. The van der Waals surface area contributed by atoms with E-state index >= 15 is 0 Å². The fraction of sp³-hybridized carbons (Fsp3) is 0.860. The molecule has 1 spiro atoms. The lowest BCUT2D eigenvalue weighted by Crippen LogP contribution is -2.36. The smallest absolute Gasteiger partial charge is 0.0892 e. The SMILES string of the molecule is CCC1(COCCC2Cn3nc(CN(C)CCNC)c(C4CCC5(CCCOC5)CC4)c3CO2)CCC(c2c(CN(C)CCNC)nn3c2CCC3)CC1. The van der Waals surface area contributed by atoms with Crippen LogP contribution in [0.4, 0.5) is 0 Å². The molecule has 2 saturated carbocycles. The maximum Gasteiger partial charge on any atom is 0.0892 e. The summed E-state index contributed by atoms with van der Waals surface area (Å²) in [6.45, 7) is 14.4. The van der Waals surface area contributed by atoms with Crippen molar-refractivity contribution in [3.05, 3.63) is 33.9 Å². The van der Waals surface area contributed by atoms with Crippen LogP contribution in [0.1, 0.15) is 136 Å². The lowest BCUT2D eigenvalue weighted by atomic mass is 9.66. The van der Waals surface area contributed by atoms with Crippen molar-refractivity contribution in [1.82, 2.24) is 40.0 Å². The molecule has 0 aromatic carbocycles. The quantitative estimate of drug-likeness (QED) is 0.182. The summed E-state index contributed by atoms with van der Waals surface area (Å²) in [5.41, 5.74) is 9.28. The van der Waals surface area contributed by atoms with E-state index in [0.29, 0.717) is 23.9 Å². The van der Waals surface area contributed by atoms with Crippen molar-refractivity contribution in [2.24, 2.45) is 10.8 Å². The first-order chi connectivity index (χ1) is 26.3. The fourth-order valence-corrected chi connectivity index (χ4v) is 10.8. The van der Waals surface area contributed by atoms with Crippen molar-refractivity contribution in [2.45, 2.75) is 148 Å². The highest BCUT2D eigenvalue weighted by Gasteiger charge is 2.41. The molecule has 11 heteroatoms. The van der Waals surface area contributed by atoms with Gasteiger partial charge in [0.1, 0.15) is 0 Å². The molecule has 304 valence electrons. The Labute approximate surface area is 326 Å². The van der Waals surface area contributed by atoms with E-state index in [0.717, 1.165) is 85.2 Å². The van der Waals surface area contributed by atoms with Gasteiger partial charge in [-0.3, -0.25) is 19.2 Å². The van der Waals surface area contributed by atoms with Crippen LogP contribution >= 0.6 is 0 Å². The molecule has 2 aliphatic carbocycles. The lowest BCUT2D eigenvalue weighted by molar-refractivity contribution is -0.0386. The Morgan fingerprint density at radius 1 is 0.833 bits per heavy atom. The Hall–Kier alpha value is -1.86. The van der Waals surface area contributed by atoms with E-state index in [1.165, 1.54) is 112 Å². The van der Waals surface area contributed by atoms with Crippen LogP contribution in [0.5, 0.6) is 0 Å². The molecule has 54 heavy (non-hydrogen) atoms. The molecule has 1 saturated heterocycles. The van der Waals surface area contributed by atoms with E-state index in [1.807, 2.05) is 14.1 Å². The second-order valence-corrected chi connectivity index (χ2v) is 18.1. The van der Waals surface area contributed by atoms with Crippen molar-refractivity contribution in [1.29, 1.82) is 0 Å². The Balaban J connectivity index is 0.926. The van der Waals surface area contributed by atoms with E-state index in [9.17, 15) is 0 Å². The first kappa shape index (κ1) is 40.3. The average Bonchev–Trinajstić information content (AvgIpc) is 3.89. The molecular formula is C43H74N8O3. The highest BCUT2D eigenvalue weighted by atomic mass is 16.5. The van der Waals surface area contributed by atoms with Crippen molar-refractivity contribution < 1.29 is 14.2 Å². The summed E-state index contributed by atoms with van der Waals surface area (Å²) in [5.74, 6) is 1.20. The topological polar surface area (TPSA) is 93.9 Å². The van der Waals surface area contributed by atoms with Crippen LogP contribution in [0, 0.1) is 10.8 Å². The highest BCUT2D eigenvalue weighted by Crippen LogP contribution is 2.50. The molecular weight excluding hydrogens is 677 g/mol. The third kappa shape index (κ3) is 9.29. The molecule has 5 aliphatic rings. The zero-order chi connectivity index (χ0) is 37.5. The van der Waals surface area contributed by atoms with Gasteiger partial charge < -0.3 is 24.8 Å². The normalized spacial score (nSPS) is 28.7. The van der Waals surface area contributed by atoms with Gasteiger partial charge in [-0.25, -0.2) is 0 Å². The third-order valence-electron chi connectivity index (χ3n) is 14.3. The van der Waals surface area contributed by atoms with Crippen LogP contribution < -0.4 is 10.6 Å². The molecule has 3 fully saturated rings. The van der Waals surface area contributed by atoms with Crippen molar-refractivity contribution in [3.8, 4) is 0 Å². The molecule has 1 unspecified atom stereocenters. The standard InChI is InChI=1S/C43H74N8O3/c1-6-42(16-10-33(11-17-42)40-36(28-48(4)23-20-44-2)46-50-22-7-9-38(40)50)31-53-26-14-35-27-51-39(30-54-35)41(37(47-51)29-49(5)24-21-45-3)34-12-18-43(19-13-34)15-8-25-52-32-43/h33-35,44-45H,6-32H2,1-5H3. The minimum Gasteiger partial charge on any atom is -0.381 e. The zero-order valence-electron chi connectivity index (χ0n) is 34.7. The molecule has 2 N–H and O–H groups in total. The van der Waals surface area contributed by atoms with Gasteiger partial charge in [-0.05, 0) is 141 Å². The van der Waals surface area contributed by atoms with Gasteiger partial charge in [0.15, 0.2) is 0 Å². The maximum atomic E-state index is 6.63. The van der Waals surface area contributed by atoms with E-state index in [4.69, 9.17) is 24.4 Å². The van der Waals surface area contributed by atoms with Gasteiger partial charge in [0.25, 0.3) is 0 Å². The molecule has 1 atom stereocenters. The Kier molecular flexibility index (Phi) is 13.9. The van der Waals surface area contributed by atoms with E-state index < -0.39 is 0 Å². The van der Waals surface area contributed by atoms with Crippen molar-refractivity contribution in [3.63, 3.8) is 0 Å². The van der Waals surface area contributed by atoms with Crippen LogP contribution in [0.15, 0.2) is 0 Å². The number of rotatable bonds is 18. The lowest BCUT2D eigenvalue weighted by Gasteiger charge is -2.43. The minimum absolute atomic E-state index is 0.150. The molecule has 3 aliphatic heterocycles. The summed E-state index contributed by atoms with van der Waals surface area (Å²) in [6.07, 6.45) is 17.3. The van der Waals surface area contributed by atoms with Crippen molar-refractivity contribution >= 4 is 0 Å². The van der Waals surface area contributed by atoms with Crippen molar-refractivity contribution in [2.75, 3.05) is 80.8 Å². The Morgan fingerprint density at radius 3 is 2.11 bits per heavy atom. The monoisotopic (exact) mass is 751 g/mol. The molecule has 0 radical (unpaired) electrons. The van der Waals surface area contributed by atoms with Gasteiger partial charge in [0, 0.05) is 75.8 Å². The second kappa shape index (κ2) is 18.6. The number of hydrogen-bond donors (Lipinski definition) is 2. The highest BCUT2D eigenvalue weighted by molar-refractivity contribution is 5.33. The average molecular weight is 751 g/mol. The molecule has 0 bridgehead atoms. The predicted molar refractivity (Wildman–Crippen MR) is 215 cm³/mol. The summed E-state index contributed by atoms with van der Waals surface area (Å²) in [6, 6.07) is 0. The second-order valence-electron chi connectivity index (χ2n) is 18.1. The van der Waals surface area contributed by atoms with E-state index in [2.05, 4.69) is 50.8 Å². The van der Waals surface area contributed by atoms with Gasteiger partial charge >= 0.3 is 0 Å². The number of nitrogens with one attached hydrogen (secondary N) is 2. The van der Waals surface area contributed by atoms with E-state index in [-0.39, 0.29) is 11.5 Å². The Morgan fingerprint density at radius 2 is 1.48 bits per heavy atom. The van der Waals surface area contributed by atoms with Gasteiger partial charge in [-0.15, -0.1) is 0 Å². The predicted octanol–water partition coefficient (Wildman–Crippen LogP) is 5.84. The molecule has 0 amide bonds. The van der Waals surface area contributed by atoms with Crippen LogP contribution in [0.2, 0.25) is 0 Å². The number of hydrogen-bond acceptors (Lipinski definition) is 9. The summed E-state index contributed by atoms with van der Waals surface area (Å²) < 4.78 is 23.9. The first-order valence-corrected chi connectivity index (χ1v) is 21.9. The molecule has 11 nitrogen and oxygen atoms in total. The Bertz CT molecular complexity index is 1470. The number of fused-ring (bicyclic) bond motifs is 2. The maximum absolute atomic E-state index is 6.63. The van der Waals surface area contributed by atoms with Gasteiger partial charge in [0.2, 0.25) is 0 Å². The molecule has 7 rings (SSSR count). The molecule has 2 aromatic heterocycles. The zero-order valence-corrected chi connectivity index (χ0v) is 34.7. The number of aromatic nitrogens is 4. The number of nitrogens with zero attached hydrogens (tertiary/aromatic N) is 6. The largest absolute Gasteiger partial charge is 0.381 e. The first-order valence-electron chi connectivity index (χ1n) is 21.9. The summed E-state index contributed by atoms with van der Waals surface area (Å²) in [4.78, 5) is 4.85. The summed E-state index contributed by atoms with van der Waals surface area (Å²) in [5, 5.41) is 17.1. The summed E-state index contributed by atoms with van der Waals surface area (Å²) >= 11 is 0. The van der Waals surface area contributed by atoms with E-state index in [1.54, 1.807) is 5.56 Å². The van der Waals surface area contributed by atoms with Crippen LogP contribution in [0.25, 0.3) is 0 Å². The molecule has 2 aromatic rings. The number of likely N-dealkylation sites (N-methyl/N-ethyl adjacent to an activating group) is 4. The number of aryl methyl sites for hydroxylation is 1. The fourth-order valence-electron chi connectivity index (χ4n) is 10.8. The van der Waals surface area contributed by atoms with Gasteiger partial charge in [0.05, 0.1) is 49.6 Å². The number of ether oxygens (including phenoxy) is 3. The van der Waals surface area contributed by atoms with Crippen LogP contribution in [-0.4, -0.2) is 116 Å². The van der Waals surface area contributed by atoms with Crippen LogP contribution in [0.3, 0.4) is 0 Å².